The van der Waals surface area contributed by atoms with Crippen LogP contribution in [-0.2, 0) is 6.42 Å². The highest BCUT2D eigenvalue weighted by molar-refractivity contribution is 5.15. The minimum absolute atomic E-state index is 0.790. The molecule has 2 N–H and O–H groups in total. The fourth-order valence-electron chi connectivity index (χ4n) is 2.65. The molecular weight excluding hydrogens is 196 g/mol. The Bertz CT molecular complexity index is 295. The number of hydrogen-bond acceptors (Lipinski definition) is 2. The molecule has 1 saturated heterocycles. The summed E-state index contributed by atoms with van der Waals surface area (Å²) in [6.07, 6.45) is 3.93. The Morgan fingerprint density at radius 3 is 2.81 bits per heavy atom. The molecule has 1 atom stereocenters. The van der Waals surface area contributed by atoms with Gasteiger partial charge in [0.2, 0.25) is 0 Å². The van der Waals surface area contributed by atoms with E-state index in [0.717, 1.165) is 19.0 Å². The summed E-state index contributed by atoms with van der Waals surface area (Å²) in [6, 6.07) is 10.8. The van der Waals surface area contributed by atoms with Gasteiger partial charge >= 0.3 is 0 Å². The largest absolute Gasteiger partial charge is 0.329 e. The summed E-state index contributed by atoms with van der Waals surface area (Å²) in [4.78, 5) is 2.51. The van der Waals surface area contributed by atoms with E-state index in [0.29, 0.717) is 0 Å². The monoisotopic (exact) mass is 218 g/mol. The highest BCUT2D eigenvalue weighted by Crippen LogP contribution is 2.20. The lowest BCUT2D eigenvalue weighted by Crippen LogP contribution is -2.39. The highest BCUT2D eigenvalue weighted by Gasteiger charge is 2.19. The third kappa shape index (κ3) is 3.32. The van der Waals surface area contributed by atoms with Crippen molar-refractivity contribution in [3.63, 3.8) is 0 Å². The average Bonchev–Trinajstić information content (AvgIpc) is 2.31. The van der Waals surface area contributed by atoms with Crippen LogP contribution in [0.15, 0.2) is 30.3 Å². The van der Waals surface area contributed by atoms with Gasteiger partial charge in [0.1, 0.15) is 0 Å². The van der Waals surface area contributed by atoms with Gasteiger partial charge in [-0.3, -0.25) is 0 Å². The molecule has 0 aromatic heterocycles. The molecule has 0 amide bonds. The van der Waals surface area contributed by atoms with Crippen molar-refractivity contribution < 1.29 is 0 Å². The zero-order valence-corrected chi connectivity index (χ0v) is 9.94. The van der Waals surface area contributed by atoms with E-state index in [1.54, 1.807) is 0 Å². The number of rotatable bonds is 4. The van der Waals surface area contributed by atoms with Gasteiger partial charge in [-0.2, -0.15) is 0 Å². The molecule has 1 aliphatic rings. The van der Waals surface area contributed by atoms with Crippen molar-refractivity contribution in [3.05, 3.63) is 35.9 Å². The second-order valence-electron chi connectivity index (χ2n) is 4.79. The molecule has 1 fully saturated rings. The molecule has 0 aliphatic carbocycles. The number of nitrogens with zero attached hydrogens (tertiary/aromatic N) is 1. The molecule has 0 spiro atoms. The smallest absolute Gasteiger partial charge is 0.0105 e. The van der Waals surface area contributed by atoms with Crippen LogP contribution in [0.3, 0.4) is 0 Å². The summed E-state index contributed by atoms with van der Waals surface area (Å²) in [5, 5.41) is 0. The first-order valence-electron chi connectivity index (χ1n) is 6.35. The van der Waals surface area contributed by atoms with Crippen molar-refractivity contribution in [3.8, 4) is 0 Å². The van der Waals surface area contributed by atoms with Crippen LogP contribution in [0.5, 0.6) is 0 Å². The molecule has 1 aliphatic heterocycles. The maximum atomic E-state index is 5.62. The van der Waals surface area contributed by atoms with Crippen LogP contribution in [0.25, 0.3) is 0 Å². The maximum Gasteiger partial charge on any atom is 0.0105 e. The molecule has 2 nitrogen and oxygen atoms in total. The number of likely N-dealkylation sites (tertiary alicyclic amines) is 1. The summed E-state index contributed by atoms with van der Waals surface area (Å²) >= 11 is 0. The van der Waals surface area contributed by atoms with Crippen molar-refractivity contribution in [1.82, 2.24) is 4.90 Å². The molecule has 1 aromatic rings. The van der Waals surface area contributed by atoms with Crippen LogP contribution < -0.4 is 5.73 Å². The van der Waals surface area contributed by atoms with E-state index in [-0.39, 0.29) is 0 Å². The van der Waals surface area contributed by atoms with E-state index in [1.165, 1.54) is 37.9 Å². The molecule has 16 heavy (non-hydrogen) atoms. The van der Waals surface area contributed by atoms with Crippen molar-refractivity contribution in [2.24, 2.45) is 11.7 Å². The van der Waals surface area contributed by atoms with Crippen molar-refractivity contribution in [1.29, 1.82) is 0 Å². The van der Waals surface area contributed by atoms with E-state index >= 15 is 0 Å². The number of piperidine rings is 1. The Kier molecular flexibility index (Phi) is 4.37. The van der Waals surface area contributed by atoms with Gasteiger partial charge in [0.15, 0.2) is 0 Å². The zero-order chi connectivity index (χ0) is 11.2. The molecule has 0 saturated carbocycles. The molecule has 1 aromatic carbocycles. The predicted octanol–water partition coefficient (Wildman–Crippen LogP) is 1.90. The molecule has 2 rings (SSSR count). The van der Waals surface area contributed by atoms with Crippen LogP contribution in [0.2, 0.25) is 0 Å². The number of hydrogen-bond donors (Lipinski definition) is 1. The van der Waals surface area contributed by atoms with Gasteiger partial charge in [0.05, 0.1) is 0 Å². The van der Waals surface area contributed by atoms with Gasteiger partial charge in [-0.1, -0.05) is 30.3 Å². The fraction of sp³-hybridized carbons (Fsp3) is 0.571. The van der Waals surface area contributed by atoms with Crippen molar-refractivity contribution >= 4 is 0 Å². The Morgan fingerprint density at radius 2 is 2.06 bits per heavy atom. The predicted molar refractivity (Wildman–Crippen MR) is 68.4 cm³/mol. The van der Waals surface area contributed by atoms with Gasteiger partial charge in [0.25, 0.3) is 0 Å². The molecule has 2 heteroatoms. The van der Waals surface area contributed by atoms with E-state index < -0.39 is 0 Å². The molecule has 1 heterocycles. The van der Waals surface area contributed by atoms with Crippen LogP contribution in [0.4, 0.5) is 0 Å². The SMILES string of the molecule is NCCN1CCCC(Cc2ccccc2)C1. The molecular formula is C14H22N2. The first-order chi connectivity index (χ1) is 7.88. The number of nitrogens with two attached hydrogens (primary N) is 1. The van der Waals surface area contributed by atoms with Crippen LogP contribution in [0.1, 0.15) is 18.4 Å². The first kappa shape index (κ1) is 11.6. The van der Waals surface area contributed by atoms with E-state index in [1.807, 2.05) is 0 Å². The summed E-state index contributed by atoms with van der Waals surface area (Å²) < 4.78 is 0. The summed E-state index contributed by atoms with van der Waals surface area (Å²) in [5.74, 6) is 0.822. The molecule has 0 bridgehead atoms. The van der Waals surface area contributed by atoms with Crippen LogP contribution >= 0.6 is 0 Å². The fourth-order valence-corrected chi connectivity index (χ4v) is 2.65. The first-order valence-corrected chi connectivity index (χ1v) is 6.35. The minimum atomic E-state index is 0.790. The molecule has 1 unspecified atom stereocenters. The Balaban J connectivity index is 1.85. The van der Waals surface area contributed by atoms with Crippen molar-refractivity contribution in [2.45, 2.75) is 19.3 Å². The summed E-state index contributed by atoms with van der Waals surface area (Å²) in [6.45, 7) is 4.32. The normalized spacial score (nSPS) is 22.2. The van der Waals surface area contributed by atoms with Gasteiger partial charge in [0, 0.05) is 19.6 Å². The lowest BCUT2D eigenvalue weighted by Gasteiger charge is -2.32. The third-order valence-corrected chi connectivity index (χ3v) is 3.42. The minimum Gasteiger partial charge on any atom is -0.329 e. The highest BCUT2D eigenvalue weighted by atomic mass is 15.1. The van der Waals surface area contributed by atoms with Crippen molar-refractivity contribution in [2.75, 3.05) is 26.2 Å². The lowest BCUT2D eigenvalue weighted by atomic mass is 9.91. The second-order valence-corrected chi connectivity index (χ2v) is 4.79. The van der Waals surface area contributed by atoms with Gasteiger partial charge < -0.3 is 10.6 Å². The molecule has 88 valence electrons. The topological polar surface area (TPSA) is 29.3 Å². The van der Waals surface area contributed by atoms with Gasteiger partial charge in [-0.15, -0.1) is 0 Å². The third-order valence-electron chi connectivity index (χ3n) is 3.42. The van der Waals surface area contributed by atoms with Crippen LogP contribution in [-0.4, -0.2) is 31.1 Å². The Labute approximate surface area is 98.4 Å². The van der Waals surface area contributed by atoms with Crippen LogP contribution in [0, 0.1) is 5.92 Å². The Morgan fingerprint density at radius 1 is 1.25 bits per heavy atom. The number of benzene rings is 1. The Hall–Kier alpha value is -0.860. The standard InChI is InChI=1S/C14H22N2/c15-8-10-16-9-4-7-14(12-16)11-13-5-2-1-3-6-13/h1-3,5-6,14H,4,7-12,15H2. The average molecular weight is 218 g/mol. The summed E-state index contributed by atoms with van der Waals surface area (Å²) in [5.41, 5.74) is 7.09. The second kappa shape index (κ2) is 6.02. The van der Waals surface area contributed by atoms with Gasteiger partial charge in [-0.25, -0.2) is 0 Å². The lowest BCUT2D eigenvalue weighted by molar-refractivity contribution is 0.178. The quantitative estimate of drug-likeness (QED) is 0.836. The maximum absolute atomic E-state index is 5.62. The van der Waals surface area contributed by atoms with E-state index in [9.17, 15) is 0 Å². The van der Waals surface area contributed by atoms with E-state index in [4.69, 9.17) is 5.73 Å². The zero-order valence-electron chi connectivity index (χ0n) is 9.94. The van der Waals surface area contributed by atoms with Gasteiger partial charge in [-0.05, 0) is 37.3 Å². The molecule has 0 radical (unpaired) electrons. The van der Waals surface area contributed by atoms with E-state index in [2.05, 4.69) is 35.2 Å². The summed E-state index contributed by atoms with van der Waals surface area (Å²) in [7, 11) is 0.